The van der Waals surface area contributed by atoms with Crippen LogP contribution in [0.4, 0.5) is 11.5 Å². The van der Waals surface area contributed by atoms with Crippen LogP contribution in [0.3, 0.4) is 0 Å². The van der Waals surface area contributed by atoms with E-state index in [1.165, 1.54) is 0 Å². The maximum Gasteiger partial charge on any atom is 0.221 e. The van der Waals surface area contributed by atoms with Crippen LogP contribution in [0, 0.1) is 6.92 Å². The van der Waals surface area contributed by atoms with Gasteiger partial charge in [-0.1, -0.05) is 0 Å². The highest BCUT2D eigenvalue weighted by molar-refractivity contribution is 5.76. The molecule has 0 aliphatic rings. The second-order valence-electron chi connectivity index (χ2n) is 4.71. The molecule has 3 N–H and O–H groups in total. The zero-order valence-corrected chi connectivity index (χ0v) is 11.8. The Hall–Kier alpha value is -1.72. The minimum Gasteiger partial charge on any atom is -0.394 e. The van der Waals surface area contributed by atoms with Gasteiger partial charge in [-0.2, -0.15) is 5.10 Å². The molecule has 0 spiro atoms. The molecule has 1 rings (SSSR count). The highest BCUT2D eigenvalue weighted by Crippen LogP contribution is 2.28. The van der Waals surface area contributed by atoms with Crippen LogP contribution < -0.4 is 16.0 Å². The molecule has 0 aliphatic carbocycles. The summed E-state index contributed by atoms with van der Waals surface area (Å²) in [6.07, 6.45) is 0.439. The van der Waals surface area contributed by atoms with Crippen LogP contribution in [0.1, 0.15) is 32.0 Å². The summed E-state index contributed by atoms with van der Waals surface area (Å²) in [5, 5.41) is 7.04. The van der Waals surface area contributed by atoms with Crippen molar-refractivity contribution in [3.63, 3.8) is 0 Å². The standard InChI is InChI=1S/C12H23N5O/c1-8(2)17-12(11(13)9(3)15-17)16(5)7-6-10(18)14-4/h8H,6-7,13H2,1-5H3,(H,14,18). The highest BCUT2D eigenvalue weighted by Gasteiger charge is 2.18. The number of rotatable bonds is 5. The van der Waals surface area contributed by atoms with Crippen molar-refractivity contribution in [3.05, 3.63) is 5.69 Å². The Morgan fingerprint density at radius 2 is 2.17 bits per heavy atom. The van der Waals surface area contributed by atoms with Crippen LogP contribution in [-0.2, 0) is 4.79 Å². The van der Waals surface area contributed by atoms with E-state index in [2.05, 4.69) is 24.3 Å². The molecule has 6 nitrogen and oxygen atoms in total. The Morgan fingerprint density at radius 3 is 2.67 bits per heavy atom. The van der Waals surface area contributed by atoms with Crippen molar-refractivity contribution in [1.29, 1.82) is 0 Å². The van der Waals surface area contributed by atoms with Gasteiger partial charge in [0.2, 0.25) is 5.91 Å². The smallest absolute Gasteiger partial charge is 0.221 e. The topological polar surface area (TPSA) is 76.2 Å². The summed E-state index contributed by atoms with van der Waals surface area (Å²) in [5.74, 6) is 0.902. The van der Waals surface area contributed by atoms with Gasteiger partial charge in [0.15, 0.2) is 5.82 Å². The number of nitrogens with one attached hydrogen (secondary N) is 1. The third-order valence-corrected chi connectivity index (χ3v) is 2.91. The van der Waals surface area contributed by atoms with Gasteiger partial charge >= 0.3 is 0 Å². The Morgan fingerprint density at radius 1 is 1.56 bits per heavy atom. The molecule has 0 bridgehead atoms. The van der Waals surface area contributed by atoms with E-state index < -0.39 is 0 Å². The van der Waals surface area contributed by atoms with Crippen LogP contribution in [0.15, 0.2) is 0 Å². The van der Waals surface area contributed by atoms with E-state index in [0.29, 0.717) is 18.7 Å². The number of nitrogen functional groups attached to an aromatic ring is 1. The van der Waals surface area contributed by atoms with Gasteiger partial charge in [-0.3, -0.25) is 4.79 Å². The van der Waals surface area contributed by atoms with Crippen molar-refractivity contribution in [2.24, 2.45) is 0 Å². The molecule has 102 valence electrons. The summed E-state index contributed by atoms with van der Waals surface area (Å²) < 4.78 is 1.90. The van der Waals surface area contributed by atoms with Crippen molar-refractivity contribution >= 4 is 17.4 Å². The van der Waals surface area contributed by atoms with Gasteiger partial charge in [0.05, 0.1) is 11.4 Å². The molecular formula is C12H23N5O. The third-order valence-electron chi connectivity index (χ3n) is 2.91. The lowest BCUT2D eigenvalue weighted by Crippen LogP contribution is -2.28. The largest absolute Gasteiger partial charge is 0.394 e. The van der Waals surface area contributed by atoms with E-state index in [4.69, 9.17) is 5.73 Å². The van der Waals surface area contributed by atoms with E-state index in [-0.39, 0.29) is 11.9 Å². The fourth-order valence-electron chi connectivity index (χ4n) is 1.79. The normalized spacial score (nSPS) is 10.8. The predicted octanol–water partition coefficient (Wildman–Crippen LogP) is 0.927. The molecule has 1 heterocycles. The first kappa shape index (κ1) is 14.3. The zero-order chi connectivity index (χ0) is 13.9. The molecule has 0 atom stereocenters. The van der Waals surface area contributed by atoms with Crippen molar-refractivity contribution in [3.8, 4) is 0 Å². The van der Waals surface area contributed by atoms with Gasteiger partial charge in [0.1, 0.15) is 0 Å². The van der Waals surface area contributed by atoms with Gasteiger partial charge in [-0.25, -0.2) is 4.68 Å². The SMILES string of the molecule is CNC(=O)CCN(C)c1c(N)c(C)nn1C(C)C. The summed E-state index contributed by atoms with van der Waals surface area (Å²) in [7, 11) is 3.56. The fraction of sp³-hybridized carbons (Fsp3) is 0.667. The van der Waals surface area contributed by atoms with Crippen molar-refractivity contribution in [1.82, 2.24) is 15.1 Å². The average Bonchev–Trinajstić information content (AvgIpc) is 2.62. The highest BCUT2D eigenvalue weighted by atomic mass is 16.1. The monoisotopic (exact) mass is 253 g/mol. The second kappa shape index (κ2) is 5.75. The van der Waals surface area contributed by atoms with Crippen molar-refractivity contribution < 1.29 is 4.79 Å². The number of carbonyl (C=O) groups is 1. The number of carbonyl (C=O) groups excluding carboxylic acids is 1. The molecule has 6 heteroatoms. The van der Waals surface area contributed by atoms with Gasteiger partial charge < -0.3 is 16.0 Å². The lowest BCUT2D eigenvalue weighted by atomic mass is 10.3. The number of hydrogen-bond acceptors (Lipinski definition) is 4. The summed E-state index contributed by atoms with van der Waals surface area (Å²) in [4.78, 5) is 13.2. The third kappa shape index (κ3) is 2.94. The Bertz CT molecular complexity index is 424. The molecule has 0 aliphatic heterocycles. The predicted molar refractivity (Wildman–Crippen MR) is 73.7 cm³/mol. The van der Waals surface area contributed by atoms with E-state index in [0.717, 1.165) is 11.5 Å². The molecule has 0 radical (unpaired) electrons. The summed E-state index contributed by atoms with van der Waals surface area (Å²) >= 11 is 0. The van der Waals surface area contributed by atoms with Crippen LogP contribution >= 0.6 is 0 Å². The van der Waals surface area contributed by atoms with Gasteiger partial charge in [-0.15, -0.1) is 0 Å². The average molecular weight is 253 g/mol. The quantitative estimate of drug-likeness (QED) is 0.818. The van der Waals surface area contributed by atoms with Gasteiger partial charge in [0.25, 0.3) is 0 Å². The first-order valence-electron chi connectivity index (χ1n) is 6.14. The van der Waals surface area contributed by atoms with Gasteiger partial charge in [0, 0.05) is 33.1 Å². The first-order chi connectivity index (χ1) is 8.38. The molecule has 0 saturated carbocycles. The number of nitrogens with two attached hydrogens (primary N) is 1. The Labute approximate surface area is 108 Å². The summed E-state index contributed by atoms with van der Waals surface area (Å²) in [6.45, 7) is 6.62. The fourth-order valence-corrected chi connectivity index (χ4v) is 1.79. The van der Waals surface area contributed by atoms with Crippen molar-refractivity contribution in [2.75, 3.05) is 31.3 Å². The van der Waals surface area contributed by atoms with Gasteiger partial charge in [-0.05, 0) is 20.8 Å². The molecule has 1 amide bonds. The molecule has 0 aromatic carbocycles. The number of aromatic nitrogens is 2. The number of nitrogens with zero attached hydrogens (tertiary/aromatic N) is 3. The summed E-state index contributed by atoms with van der Waals surface area (Å²) in [6, 6.07) is 0.235. The Kier molecular flexibility index (Phi) is 4.58. The number of aryl methyl sites for hydroxylation is 1. The van der Waals surface area contributed by atoms with Crippen LogP contribution in [0.5, 0.6) is 0 Å². The number of amides is 1. The van der Waals surface area contributed by atoms with E-state index in [9.17, 15) is 4.79 Å². The number of anilines is 2. The molecular weight excluding hydrogens is 230 g/mol. The number of hydrogen-bond donors (Lipinski definition) is 2. The molecule has 0 fully saturated rings. The lowest BCUT2D eigenvalue weighted by molar-refractivity contribution is -0.120. The maximum absolute atomic E-state index is 11.3. The Balaban J connectivity index is 2.90. The van der Waals surface area contributed by atoms with Crippen LogP contribution in [-0.4, -0.2) is 36.3 Å². The second-order valence-corrected chi connectivity index (χ2v) is 4.71. The minimum atomic E-state index is 0.0211. The molecule has 1 aromatic heterocycles. The molecule has 0 saturated heterocycles. The first-order valence-corrected chi connectivity index (χ1v) is 6.14. The summed E-state index contributed by atoms with van der Waals surface area (Å²) in [5.41, 5.74) is 7.56. The molecule has 1 aromatic rings. The zero-order valence-electron chi connectivity index (χ0n) is 11.8. The van der Waals surface area contributed by atoms with E-state index >= 15 is 0 Å². The van der Waals surface area contributed by atoms with Crippen LogP contribution in [0.25, 0.3) is 0 Å². The van der Waals surface area contributed by atoms with E-state index in [1.807, 2.05) is 23.6 Å². The molecule has 18 heavy (non-hydrogen) atoms. The molecule has 0 unspecified atom stereocenters. The maximum atomic E-state index is 11.3. The van der Waals surface area contributed by atoms with E-state index in [1.54, 1.807) is 7.05 Å². The van der Waals surface area contributed by atoms with Crippen molar-refractivity contribution in [2.45, 2.75) is 33.2 Å². The van der Waals surface area contributed by atoms with Crippen LogP contribution in [0.2, 0.25) is 0 Å². The lowest BCUT2D eigenvalue weighted by Gasteiger charge is -2.22. The minimum absolute atomic E-state index is 0.0211.